The van der Waals surface area contributed by atoms with E-state index in [1.807, 2.05) is 0 Å². The minimum atomic E-state index is -3.16. The second-order valence-electron chi connectivity index (χ2n) is 6.88. The molecule has 1 aromatic carbocycles. The predicted molar refractivity (Wildman–Crippen MR) is 104 cm³/mol. The smallest absolute Gasteiger partial charge is 0.175 e. The van der Waals surface area contributed by atoms with Crippen molar-refractivity contribution in [2.45, 2.75) is 36.2 Å². The van der Waals surface area contributed by atoms with Gasteiger partial charge >= 0.3 is 0 Å². The summed E-state index contributed by atoms with van der Waals surface area (Å²) in [4.78, 5) is 0.314. The Labute approximate surface area is 162 Å². The van der Waals surface area contributed by atoms with Crippen molar-refractivity contribution in [3.05, 3.63) is 24.3 Å². The predicted octanol–water partition coefficient (Wildman–Crippen LogP) is 1.64. The Balaban J connectivity index is 0.00000243. The summed E-state index contributed by atoms with van der Waals surface area (Å²) in [6.07, 6.45) is 4.91. The molecular formula is C18H29ClN2O4S. The number of rotatable bonds is 7. The summed E-state index contributed by atoms with van der Waals surface area (Å²) in [6, 6.07) is 7.55. The molecule has 148 valence electrons. The Bertz CT molecular complexity index is 648. The van der Waals surface area contributed by atoms with E-state index < -0.39 is 9.84 Å². The van der Waals surface area contributed by atoms with Gasteiger partial charge in [-0.3, -0.25) is 0 Å². The van der Waals surface area contributed by atoms with Crippen molar-refractivity contribution >= 4 is 22.2 Å². The first kappa shape index (κ1) is 21.4. The fraction of sp³-hybridized carbons (Fsp3) is 0.667. The second kappa shape index (κ2) is 9.90. The van der Waals surface area contributed by atoms with E-state index in [9.17, 15) is 8.42 Å². The lowest BCUT2D eigenvalue weighted by molar-refractivity contribution is 0.0523. The zero-order chi connectivity index (χ0) is 17.7. The van der Waals surface area contributed by atoms with Crippen LogP contribution >= 0.6 is 12.4 Å². The average molecular weight is 405 g/mol. The van der Waals surface area contributed by atoms with Gasteiger partial charge in [0.25, 0.3) is 0 Å². The molecule has 6 nitrogen and oxygen atoms in total. The van der Waals surface area contributed by atoms with Crippen LogP contribution < -0.4 is 15.4 Å². The molecule has 2 aliphatic rings. The molecule has 0 amide bonds. The topological polar surface area (TPSA) is 76.7 Å². The third-order valence-corrected chi connectivity index (χ3v) is 6.19. The van der Waals surface area contributed by atoms with Crippen LogP contribution in [0.1, 0.15) is 19.3 Å². The van der Waals surface area contributed by atoms with Crippen LogP contribution in [0.3, 0.4) is 0 Å². The van der Waals surface area contributed by atoms with E-state index in [-0.39, 0.29) is 12.4 Å². The van der Waals surface area contributed by atoms with Gasteiger partial charge in [0.2, 0.25) is 0 Å². The largest absolute Gasteiger partial charge is 0.492 e. The molecule has 0 aromatic heterocycles. The molecule has 8 heteroatoms. The molecule has 1 aromatic rings. The van der Waals surface area contributed by atoms with E-state index in [0.717, 1.165) is 26.3 Å². The van der Waals surface area contributed by atoms with E-state index in [4.69, 9.17) is 9.47 Å². The van der Waals surface area contributed by atoms with Crippen molar-refractivity contribution in [2.24, 2.45) is 5.92 Å². The Morgan fingerprint density at radius 1 is 1.27 bits per heavy atom. The maximum absolute atomic E-state index is 11.4. The summed E-state index contributed by atoms with van der Waals surface area (Å²) in [7, 11) is -3.16. The van der Waals surface area contributed by atoms with Gasteiger partial charge in [0.1, 0.15) is 12.4 Å². The normalized spacial score (nSPS) is 26.3. The first-order valence-electron chi connectivity index (χ1n) is 9.01. The van der Waals surface area contributed by atoms with Gasteiger partial charge in [-0.25, -0.2) is 8.42 Å². The summed E-state index contributed by atoms with van der Waals surface area (Å²) in [5.74, 6) is 1.31. The monoisotopic (exact) mass is 404 g/mol. The highest BCUT2D eigenvalue weighted by atomic mass is 35.5. The summed E-state index contributed by atoms with van der Waals surface area (Å²) < 4.78 is 34.2. The summed E-state index contributed by atoms with van der Waals surface area (Å²) in [5.41, 5.74) is 0. The highest BCUT2D eigenvalue weighted by molar-refractivity contribution is 7.90. The fourth-order valence-corrected chi connectivity index (χ4v) is 4.41. The fourth-order valence-electron chi connectivity index (χ4n) is 3.78. The van der Waals surface area contributed by atoms with Gasteiger partial charge in [-0.15, -0.1) is 12.4 Å². The maximum atomic E-state index is 11.4. The molecule has 1 aliphatic carbocycles. The number of hydrogen-bond acceptors (Lipinski definition) is 6. The molecule has 0 spiro atoms. The minimum absolute atomic E-state index is 0. The van der Waals surface area contributed by atoms with Crippen LogP contribution in [0.15, 0.2) is 29.2 Å². The first-order valence-corrected chi connectivity index (χ1v) is 10.9. The third-order valence-electron chi connectivity index (χ3n) is 5.07. The Morgan fingerprint density at radius 3 is 2.69 bits per heavy atom. The van der Waals surface area contributed by atoms with Gasteiger partial charge in [-0.05, 0) is 43.0 Å². The molecule has 2 fully saturated rings. The minimum Gasteiger partial charge on any atom is -0.492 e. The molecule has 1 saturated heterocycles. The number of morpholine rings is 1. The lowest BCUT2D eigenvalue weighted by atomic mass is 9.94. The molecule has 26 heavy (non-hydrogen) atoms. The quantitative estimate of drug-likeness (QED) is 0.673. The van der Waals surface area contributed by atoms with E-state index in [2.05, 4.69) is 10.6 Å². The molecule has 2 N–H and O–H groups in total. The van der Waals surface area contributed by atoms with Gasteiger partial charge in [0.05, 0.1) is 18.1 Å². The van der Waals surface area contributed by atoms with Crippen molar-refractivity contribution in [1.82, 2.24) is 10.6 Å². The highest BCUT2D eigenvalue weighted by Crippen LogP contribution is 2.29. The zero-order valence-corrected chi connectivity index (χ0v) is 16.8. The van der Waals surface area contributed by atoms with Crippen molar-refractivity contribution in [3.63, 3.8) is 0 Å². The molecule has 1 saturated carbocycles. The van der Waals surface area contributed by atoms with Gasteiger partial charge in [0.15, 0.2) is 9.84 Å². The van der Waals surface area contributed by atoms with Crippen LogP contribution in [0, 0.1) is 5.92 Å². The number of hydrogen-bond donors (Lipinski definition) is 2. The molecule has 0 bridgehead atoms. The molecule has 3 rings (SSSR count). The summed E-state index contributed by atoms with van der Waals surface area (Å²) >= 11 is 0. The van der Waals surface area contributed by atoms with Crippen molar-refractivity contribution in [1.29, 1.82) is 0 Å². The maximum Gasteiger partial charge on any atom is 0.175 e. The van der Waals surface area contributed by atoms with Gasteiger partial charge < -0.3 is 20.1 Å². The summed E-state index contributed by atoms with van der Waals surface area (Å²) in [6.45, 7) is 3.92. The Hall–Kier alpha value is -0.860. The standard InChI is InChI=1S/C18H28N2O4S.ClH/c1-25(21,22)15-7-5-14(6-8-15)24-12-10-19-17-4-2-3-16(17)18-13-23-11-9-20-18;/h5-8,16-20H,2-4,9-13H2,1H3;1H. The lowest BCUT2D eigenvalue weighted by Crippen LogP contribution is -2.51. The molecule has 3 unspecified atom stereocenters. The van der Waals surface area contributed by atoms with Crippen molar-refractivity contribution in [2.75, 3.05) is 39.2 Å². The lowest BCUT2D eigenvalue weighted by Gasteiger charge is -2.33. The van der Waals surface area contributed by atoms with Crippen molar-refractivity contribution < 1.29 is 17.9 Å². The number of halogens is 1. The Kier molecular flexibility index (Phi) is 8.16. The van der Waals surface area contributed by atoms with Crippen LogP contribution in [0.4, 0.5) is 0 Å². The number of sulfone groups is 1. The number of benzene rings is 1. The number of nitrogens with one attached hydrogen (secondary N) is 2. The molecule has 1 heterocycles. The molecule has 0 radical (unpaired) electrons. The molecular weight excluding hydrogens is 376 g/mol. The van der Waals surface area contributed by atoms with Crippen molar-refractivity contribution in [3.8, 4) is 5.75 Å². The van der Waals surface area contributed by atoms with Gasteiger partial charge in [0, 0.05) is 31.4 Å². The summed E-state index contributed by atoms with van der Waals surface area (Å²) in [5, 5.41) is 7.20. The first-order chi connectivity index (χ1) is 12.0. The van der Waals surface area contributed by atoms with Gasteiger partial charge in [-0.2, -0.15) is 0 Å². The molecule has 3 atom stereocenters. The van der Waals surface area contributed by atoms with Crippen LogP contribution in [-0.2, 0) is 14.6 Å². The van der Waals surface area contributed by atoms with Gasteiger partial charge in [-0.1, -0.05) is 6.42 Å². The average Bonchev–Trinajstić information content (AvgIpc) is 3.08. The molecule has 1 aliphatic heterocycles. The highest BCUT2D eigenvalue weighted by Gasteiger charge is 2.34. The zero-order valence-electron chi connectivity index (χ0n) is 15.1. The van der Waals surface area contributed by atoms with E-state index in [0.29, 0.717) is 35.3 Å². The number of ether oxygens (including phenoxy) is 2. The van der Waals surface area contributed by atoms with E-state index >= 15 is 0 Å². The second-order valence-corrected chi connectivity index (χ2v) is 8.90. The van der Waals surface area contributed by atoms with E-state index in [1.54, 1.807) is 24.3 Å². The van der Waals surface area contributed by atoms with Crippen LogP contribution in [-0.4, -0.2) is 59.7 Å². The SMILES string of the molecule is CS(=O)(=O)c1ccc(OCCNC2CCCC2C2COCCN2)cc1.Cl. The van der Waals surface area contributed by atoms with Crippen LogP contribution in [0.25, 0.3) is 0 Å². The van der Waals surface area contributed by atoms with E-state index in [1.165, 1.54) is 25.5 Å². The third kappa shape index (κ3) is 5.82. The van der Waals surface area contributed by atoms with Crippen LogP contribution in [0.5, 0.6) is 5.75 Å². The van der Waals surface area contributed by atoms with Crippen LogP contribution in [0.2, 0.25) is 0 Å². The Morgan fingerprint density at radius 2 is 2.04 bits per heavy atom.